The first-order valence-corrected chi connectivity index (χ1v) is 11.2. The Morgan fingerprint density at radius 3 is 2.57 bits per heavy atom. The van der Waals surface area contributed by atoms with E-state index < -0.39 is 0 Å². The number of hydrogen-bond donors (Lipinski definition) is 2. The van der Waals surface area contributed by atoms with Crippen molar-refractivity contribution in [2.24, 2.45) is 4.99 Å². The van der Waals surface area contributed by atoms with E-state index in [1.54, 1.807) is 7.11 Å². The predicted octanol–water partition coefficient (Wildman–Crippen LogP) is 3.37. The fraction of sp³-hybridized carbons (Fsp3) is 0.696. The third-order valence-corrected chi connectivity index (χ3v) is 4.80. The molecule has 1 aliphatic rings. The fourth-order valence-corrected chi connectivity index (χ4v) is 3.12. The number of benzene rings is 1. The number of ether oxygens (including phenoxy) is 3. The molecule has 0 spiro atoms. The molecule has 30 heavy (non-hydrogen) atoms. The van der Waals surface area contributed by atoms with Crippen LogP contribution < -0.4 is 15.4 Å². The van der Waals surface area contributed by atoms with Crippen LogP contribution in [0, 0.1) is 0 Å². The van der Waals surface area contributed by atoms with Crippen molar-refractivity contribution < 1.29 is 14.2 Å². The molecule has 2 rings (SSSR count). The van der Waals surface area contributed by atoms with Crippen LogP contribution in [0.15, 0.2) is 29.3 Å². The van der Waals surface area contributed by atoms with Crippen LogP contribution in [0.1, 0.15) is 40.0 Å². The molecule has 0 unspecified atom stereocenters. The smallest absolute Gasteiger partial charge is 0.195 e. The number of likely N-dealkylation sites (N-methyl/N-ethyl adjacent to an activating group) is 1. The summed E-state index contributed by atoms with van der Waals surface area (Å²) < 4.78 is 16.2. The van der Waals surface area contributed by atoms with Gasteiger partial charge in [-0.15, -0.1) is 0 Å². The Hall–Kier alpha value is -1.83. The molecule has 1 fully saturated rings. The van der Waals surface area contributed by atoms with Gasteiger partial charge in [-0.1, -0.05) is 6.92 Å². The number of guanidine groups is 1. The highest BCUT2D eigenvalue weighted by atomic mass is 16.5. The van der Waals surface area contributed by atoms with Crippen LogP contribution >= 0.6 is 0 Å². The van der Waals surface area contributed by atoms with Crippen molar-refractivity contribution in [1.29, 1.82) is 0 Å². The molecule has 1 saturated carbocycles. The minimum Gasteiger partial charge on any atom is -0.491 e. The van der Waals surface area contributed by atoms with Gasteiger partial charge in [0.25, 0.3) is 0 Å². The van der Waals surface area contributed by atoms with Gasteiger partial charge >= 0.3 is 0 Å². The number of nitrogens with zero attached hydrogens (tertiary/aromatic N) is 2. The van der Waals surface area contributed by atoms with Gasteiger partial charge in [-0.3, -0.25) is 9.89 Å². The summed E-state index contributed by atoms with van der Waals surface area (Å²) in [5, 5.41) is 6.89. The van der Waals surface area contributed by atoms with Crippen molar-refractivity contribution in [1.82, 2.24) is 10.2 Å². The Balaban J connectivity index is 1.84. The average Bonchev–Trinajstić information content (AvgIpc) is 3.56. The van der Waals surface area contributed by atoms with E-state index in [1.807, 2.05) is 38.1 Å². The first kappa shape index (κ1) is 24.4. The number of methoxy groups -OCH3 is 1. The molecule has 0 bridgehead atoms. The Bertz CT molecular complexity index is 603. The zero-order chi connectivity index (χ0) is 21.6. The lowest BCUT2D eigenvalue weighted by atomic mass is 10.3. The van der Waals surface area contributed by atoms with Gasteiger partial charge < -0.3 is 24.8 Å². The molecule has 0 aliphatic heterocycles. The van der Waals surface area contributed by atoms with Crippen LogP contribution in [0.4, 0.5) is 5.69 Å². The van der Waals surface area contributed by atoms with Crippen molar-refractivity contribution >= 4 is 11.6 Å². The number of rotatable bonds is 15. The molecule has 7 heteroatoms. The maximum Gasteiger partial charge on any atom is 0.195 e. The summed E-state index contributed by atoms with van der Waals surface area (Å²) in [4.78, 5) is 7.26. The topological polar surface area (TPSA) is 67.4 Å². The molecular formula is C23H40N4O3. The van der Waals surface area contributed by atoms with Crippen molar-refractivity contribution in [2.45, 2.75) is 52.2 Å². The van der Waals surface area contributed by atoms with E-state index in [0.29, 0.717) is 26.4 Å². The van der Waals surface area contributed by atoms with Gasteiger partial charge in [0.2, 0.25) is 0 Å². The minimum atomic E-state index is 0.168. The van der Waals surface area contributed by atoms with Gasteiger partial charge in [-0.2, -0.15) is 0 Å². The highest BCUT2D eigenvalue weighted by Gasteiger charge is 2.27. The molecule has 1 aromatic rings. The van der Waals surface area contributed by atoms with Crippen molar-refractivity contribution in [3.63, 3.8) is 0 Å². The largest absolute Gasteiger partial charge is 0.491 e. The second-order valence-corrected chi connectivity index (χ2v) is 7.79. The fourth-order valence-electron chi connectivity index (χ4n) is 3.12. The Morgan fingerprint density at radius 1 is 1.17 bits per heavy atom. The predicted molar refractivity (Wildman–Crippen MR) is 124 cm³/mol. The molecule has 170 valence electrons. The van der Waals surface area contributed by atoms with Crippen molar-refractivity contribution in [3.05, 3.63) is 24.3 Å². The van der Waals surface area contributed by atoms with E-state index in [-0.39, 0.29) is 6.10 Å². The average molecular weight is 421 g/mol. The maximum absolute atomic E-state index is 5.72. The van der Waals surface area contributed by atoms with Crippen LogP contribution in [0.2, 0.25) is 0 Å². The molecule has 1 aromatic carbocycles. The van der Waals surface area contributed by atoms with Gasteiger partial charge in [-0.05, 0) is 63.9 Å². The highest BCUT2D eigenvalue weighted by molar-refractivity contribution is 5.93. The highest BCUT2D eigenvalue weighted by Crippen LogP contribution is 2.25. The maximum atomic E-state index is 5.72. The van der Waals surface area contributed by atoms with E-state index in [1.165, 1.54) is 12.8 Å². The van der Waals surface area contributed by atoms with E-state index >= 15 is 0 Å². The van der Waals surface area contributed by atoms with Gasteiger partial charge in [0.15, 0.2) is 5.96 Å². The Kier molecular flexibility index (Phi) is 11.6. The molecule has 0 atom stereocenters. The van der Waals surface area contributed by atoms with Gasteiger partial charge in [-0.25, -0.2) is 0 Å². The molecule has 0 heterocycles. The standard InChI is InChI=1S/C23H40N4O3/c1-5-27(21-9-10-21)15-14-25-23(24-13-6-16-29-18-17-28-4)26-20-7-11-22(12-8-20)30-19(2)3/h7-8,11-12,19,21H,5-6,9-10,13-18H2,1-4H3,(H2,24,25,26). The van der Waals surface area contributed by atoms with Crippen LogP contribution in [0.5, 0.6) is 5.75 Å². The summed E-state index contributed by atoms with van der Waals surface area (Å²) in [7, 11) is 1.68. The Labute approximate surface area is 182 Å². The monoisotopic (exact) mass is 420 g/mol. The number of hydrogen-bond acceptors (Lipinski definition) is 5. The van der Waals surface area contributed by atoms with Crippen LogP contribution in [-0.2, 0) is 9.47 Å². The van der Waals surface area contributed by atoms with Crippen molar-refractivity contribution in [3.8, 4) is 5.75 Å². The van der Waals surface area contributed by atoms with Crippen LogP contribution in [0.25, 0.3) is 0 Å². The lowest BCUT2D eigenvalue weighted by molar-refractivity contribution is 0.0702. The number of nitrogens with one attached hydrogen (secondary N) is 2. The number of aliphatic imine (C=N–C) groups is 1. The van der Waals surface area contributed by atoms with Gasteiger partial charge in [0.05, 0.1) is 19.3 Å². The SMILES string of the molecule is CCN(CCNC(=NCCCOCCOC)Nc1ccc(OC(C)C)cc1)C1CC1. The van der Waals surface area contributed by atoms with E-state index in [0.717, 1.165) is 49.5 Å². The minimum absolute atomic E-state index is 0.168. The van der Waals surface area contributed by atoms with Crippen molar-refractivity contribution in [2.75, 3.05) is 58.4 Å². The zero-order valence-corrected chi connectivity index (χ0v) is 19.2. The van der Waals surface area contributed by atoms with Crippen LogP contribution in [0.3, 0.4) is 0 Å². The third kappa shape index (κ3) is 10.3. The summed E-state index contributed by atoms with van der Waals surface area (Å²) in [5.41, 5.74) is 0.989. The first-order chi connectivity index (χ1) is 14.6. The number of anilines is 1. The molecule has 0 aromatic heterocycles. The van der Waals surface area contributed by atoms with Gasteiger partial charge in [0.1, 0.15) is 5.75 Å². The molecule has 2 N–H and O–H groups in total. The lowest BCUT2D eigenvalue weighted by Gasteiger charge is -2.21. The lowest BCUT2D eigenvalue weighted by Crippen LogP contribution is -2.39. The summed E-state index contributed by atoms with van der Waals surface area (Å²) in [5.74, 6) is 1.68. The second-order valence-electron chi connectivity index (χ2n) is 7.79. The molecule has 0 amide bonds. The van der Waals surface area contributed by atoms with E-state index in [4.69, 9.17) is 19.2 Å². The zero-order valence-electron chi connectivity index (χ0n) is 19.2. The van der Waals surface area contributed by atoms with E-state index in [2.05, 4.69) is 22.5 Å². The second kappa shape index (κ2) is 14.2. The molecular weight excluding hydrogens is 380 g/mol. The molecule has 1 aliphatic carbocycles. The summed E-state index contributed by atoms with van der Waals surface area (Å²) >= 11 is 0. The molecule has 0 saturated heterocycles. The summed E-state index contributed by atoms with van der Waals surface area (Å²) in [6.45, 7) is 11.9. The molecule has 7 nitrogen and oxygen atoms in total. The third-order valence-electron chi connectivity index (χ3n) is 4.80. The molecule has 0 radical (unpaired) electrons. The van der Waals surface area contributed by atoms with Crippen LogP contribution in [-0.4, -0.2) is 76.1 Å². The van der Waals surface area contributed by atoms with E-state index in [9.17, 15) is 0 Å². The van der Waals surface area contributed by atoms with Gasteiger partial charge in [0, 0.05) is 45.1 Å². The Morgan fingerprint density at radius 2 is 1.93 bits per heavy atom. The first-order valence-electron chi connectivity index (χ1n) is 11.2. The summed E-state index contributed by atoms with van der Waals surface area (Å²) in [6.07, 6.45) is 3.71. The quantitative estimate of drug-likeness (QED) is 0.258. The normalized spacial score (nSPS) is 14.4. The summed E-state index contributed by atoms with van der Waals surface area (Å²) in [6, 6.07) is 8.78.